The Kier molecular flexibility index (Phi) is 20.0. The number of carbonyl (C=O) groups is 1. The largest absolute Gasteiger partial charge is 0.466 e. The molecule has 0 aliphatic rings. The maximum absolute atomic E-state index is 11.4. The Morgan fingerprint density at radius 1 is 0.800 bits per heavy atom. The molecule has 0 aliphatic carbocycles. The van der Waals surface area contributed by atoms with Crippen LogP contribution in [0.5, 0.6) is 0 Å². The van der Waals surface area contributed by atoms with Gasteiger partial charge in [0.1, 0.15) is 0 Å². The number of carbonyl (C=O) groups excluding carboxylic acids is 1. The van der Waals surface area contributed by atoms with Gasteiger partial charge in [-0.15, -0.1) is 0 Å². The molecule has 0 radical (unpaired) electrons. The van der Waals surface area contributed by atoms with E-state index in [9.17, 15) is 4.79 Å². The van der Waals surface area contributed by atoms with Crippen molar-refractivity contribution < 1.29 is 14.6 Å². The molecule has 3 heteroatoms. The molecule has 0 rings (SSSR count). The fourth-order valence-corrected chi connectivity index (χ4v) is 2.55. The smallest absolute Gasteiger partial charge is 0.305 e. The summed E-state index contributed by atoms with van der Waals surface area (Å²) in [7, 11) is 0. The molecule has 0 saturated heterocycles. The number of hydrogen-bond acceptors (Lipinski definition) is 3. The zero-order chi connectivity index (χ0) is 18.4. The topological polar surface area (TPSA) is 46.5 Å². The molecule has 146 valence electrons. The average Bonchev–Trinajstić information content (AvgIpc) is 2.62. The maximum atomic E-state index is 11.4. The molecule has 0 aromatic heterocycles. The highest BCUT2D eigenvalue weighted by atomic mass is 16.5. The maximum Gasteiger partial charge on any atom is 0.305 e. The van der Waals surface area contributed by atoms with Gasteiger partial charge in [0.15, 0.2) is 0 Å². The van der Waals surface area contributed by atoms with E-state index in [4.69, 9.17) is 9.84 Å². The van der Waals surface area contributed by atoms with Crippen molar-refractivity contribution in [3.05, 3.63) is 24.3 Å². The summed E-state index contributed by atoms with van der Waals surface area (Å²) in [5.74, 6) is -0.0939. The van der Waals surface area contributed by atoms with E-state index in [1.54, 1.807) is 0 Å². The van der Waals surface area contributed by atoms with Crippen molar-refractivity contribution in [1.29, 1.82) is 0 Å². The first-order valence-electron chi connectivity index (χ1n) is 10.4. The van der Waals surface area contributed by atoms with Crippen LogP contribution in [0.2, 0.25) is 0 Å². The van der Waals surface area contributed by atoms with E-state index in [1.807, 2.05) is 0 Å². The Labute approximate surface area is 155 Å². The van der Waals surface area contributed by atoms with Crippen LogP contribution in [0.3, 0.4) is 0 Å². The van der Waals surface area contributed by atoms with Gasteiger partial charge in [0.2, 0.25) is 0 Å². The lowest BCUT2D eigenvalue weighted by molar-refractivity contribution is -0.143. The summed E-state index contributed by atoms with van der Waals surface area (Å²) < 4.78 is 5.10. The van der Waals surface area contributed by atoms with Crippen LogP contribution in [0.1, 0.15) is 96.8 Å². The molecule has 0 aromatic carbocycles. The summed E-state index contributed by atoms with van der Waals surface area (Å²) in [6, 6.07) is 0. The van der Waals surface area contributed by atoms with Crippen molar-refractivity contribution in [1.82, 2.24) is 0 Å². The van der Waals surface area contributed by atoms with Crippen LogP contribution in [0.15, 0.2) is 24.3 Å². The standard InChI is InChI=1S/C22H40O3/c1-2-3-4-5-6-7-8-9-10-11-12-13-14-15-16-19-22(24)25-21-18-17-20-23/h6-7,9-10,23H,2-5,8,11-21H2,1H3. The van der Waals surface area contributed by atoms with Gasteiger partial charge in [0, 0.05) is 13.0 Å². The molecular weight excluding hydrogens is 312 g/mol. The molecule has 0 aromatic rings. The monoisotopic (exact) mass is 352 g/mol. The zero-order valence-electron chi connectivity index (χ0n) is 16.4. The highest BCUT2D eigenvalue weighted by Gasteiger charge is 2.01. The molecule has 0 saturated carbocycles. The molecule has 0 atom stereocenters. The number of hydrogen-bond donors (Lipinski definition) is 1. The highest BCUT2D eigenvalue weighted by molar-refractivity contribution is 5.69. The number of unbranched alkanes of at least 4 members (excludes halogenated alkanes) is 9. The van der Waals surface area contributed by atoms with Gasteiger partial charge in [0.05, 0.1) is 6.61 Å². The molecular formula is C22H40O3. The van der Waals surface area contributed by atoms with Gasteiger partial charge in [-0.1, -0.05) is 63.3 Å². The van der Waals surface area contributed by atoms with Crippen LogP contribution < -0.4 is 0 Å². The molecule has 0 bridgehead atoms. The minimum Gasteiger partial charge on any atom is -0.466 e. The summed E-state index contributed by atoms with van der Waals surface area (Å²) in [4.78, 5) is 11.4. The third-order valence-electron chi connectivity index (χ3n) is 4.15. The van der Waals surface area contributed by atoms with Gasteiger partial charge in [-0.2, -0.15) is 0 Å². The second-order valence-electron chi connectivity index (χ2n) is 6.63. The number of esters is 1. The van der Waals surface area contributed by atoms with Crippen LogP contribution in [-0.4, -0.2) is 24.3 Å². The first-order valence-corrected chi connectivity index (χ1v) is 10.4. The fourth-order valence-electron chi connectivity index (χ4n) is 2.55. The van der Waals surface area contributed by atoms with Crippen LogP contribution >= 0.6 is 0 Å². The molecule has 25 heavy (non-hydrogen) atoms. The lowest BCUT2D eigenvalue weighted by Crippen LogP contribution is -2.06. The summed E-state index contributed by atoms with van der Waals surface area (Å²) in [5.41, 5.74) is 0. The highest BCUT2D eigenvalue weighted by Crippen LogP contribution is 2.09. The quantitative estimate of drug-likeness (QED) is 0.184. The van der Waals surface area contributed by atoms with E-state index in [0.717, 1.165) is 32.1 Å². The second-order valence-corrected chi connectivity index (χ2v) is 6.63. The molecule has 0 aliphatic heterocycles. The Bertz CT molecular complexity index is 334. The van der Waals surface area contributed by atoms with Crippen molar-refractivity contribution in [2.45, 2.75) is 96.8 Å². The van der Waals surface area contributed by atoms with Gasteiger partial charge >= 0.3 is 5.97 Å². The van der Waals surface area contributed by atoms with Crippen molar-refractivity contribution in [2.75, 3.05) is 13.2 Å². The molecule has 0 heterocycles. The van der Waals surface area contributed by atoms with Gasteiger partial charge in [-0.05, 0) is 51.4 Å². The van der Waals surface area contributed by atoms with Crippen molar-refractivity contribution >= 4 is 5.97 Å². The van der Waals surface area contributed by atoms with Gasteiger partial charge in [-0.3, -0.25) is 4.79 Å². The van der Waals surface area contributed by atoms with Crippen molar-refractivity contribution in [3.63, 3.8) is 0 Å². The van der Waals surface area contributed by atoms with Crippen LogP contribution in [0.4, 0.5) is 0 Å². The lowest BCUT2D eigenvalue weighted by atomic mass is 10.1. The van der Waals surface area contributed by atoms with Crippen molar-refractivity contribution in [2.24, 2.45) is 0 Å². The summed E-state index contributed by atoms with van der Waals surface area (Å²) in [5, 5.41) is 8.64. The second kappa shape index (κ2) is 21.0. The molecule has 0 unspecified atom stereocenters. The molecule has 0 spiro atoms. The minimum absolute atomic E-state index is 0.0939. The number of aliphatic hydroxyl groups excluding tert-OH is 1. The third kappa shape index (κ3) is 20.9. The number of ether oxygens (including phenoxy) is 1. The molecule has 3 nitrogen and oxygen atoms in total. The van der Waals surface area contributed by atoms with E-state index in [1.165, 1.54) is 44.9 Å². The molecule has 0 amide bonds. The Balaban J connectivity index is 3.25. The van der Waals surface area contributed by atoms with Crippen LogP contribution in [0.25, 0.3) is 0 Å². The summed E-state index contributed by atoms with van der Waals surface area (Å²) in [6.07, 6.45) is 24.2. The first-order chi connectivity index (χ1) is 12.3. The van der Waals surface area contributed by atoms with Crippen LogP contribution in [0, 0.1) is 0 Å². The SMILES string of the molecule is CCCCCC=CCC=CCCCCCCCC(=O)OCCCCO. The lowest BCUT2D eigenvalue weighted by Gasteiger charge is -2.04. The number of allylic oxidation sites excluding steroid dienone is 4. The summed E-state index contributed by atoms with van der Waals surface area (Å²) in [6.45, 7) is 2.85. The molecule has 1 N–H and O–H groups in total. The average molecular weight is 353 g/mol. The number of aliphatic hydroxyl groups is 1. The van der Waals surface area contributed by atoms with E-state index < -0.39 is 0 Å². The number of rotatable bonds is 18. The Hall–Kier alpha value is -1.09. The van der Waals surface area contributed by atoms with Gasteiger partial charge in [0.25, 0.3) is 0 Å². The van der Waals surface area contributed by atoms with Gasteiger partial charge in [-0.25, -0.2) is 0 Å². The zero-order valence-corrected chi connectivity index (χ0v) is 16.4. The summed E-state index contributed by atoms with van der Waals surface area (Å²) >= 11 is 0. The van der Waals surface area contributed by atoms with Crippen molar-refractivity contribution in [3.8, 4) is 0 Å². The van der Waals surface area contributed by atoms with E-state index in [2.05, 4.69) is 31.2 Å². The predicted octanol–water partition coefficient (Wildman–Crippen LogP) is 6.12. The van der Waals surface area contributed by atoms with Crippen LogP contribution in [-0.2, 0) is 9.53 Å². The first kappa shape index (κ1) is 23.9. The molecule has 0 fully saturated rings. The Morgan fingerprint density at radius 2 is 1.44 bits per heavy atom. The van der Waals surface area contributed by atoms with Gasteiger partial charge < -0.3 is 9.84 Å². The van der Waals surface area contributed by atoms with E-state index >= 15 is 0 Å². The predicted molar refractivity (Wildman–Crippen MR) is 107 cm³/mol. The fraction of sp³-hybridized carbons (Fsp3) is 0.773. The minimum atomic E-state index is -0.0939. The van der Waals surface area contributed by atoms with E-state index in [0.29, 0.717) is 19.4 Å². The third-order valence-corrected chi connectivity index (χ3v) is 4.15. The Morgan fingerprint density at radius 3 is 2.12 bits per heavy atom. The van der Waals surface area contributed by atoms with E-state index in [-0.39, 0.29) is 12.6 Å². The normalized spacial score (nSPS) is 11.6.